The number of nitrogens with two attached hydrogens (primary N) is 1. The summed E-state index contributed by atoms with van der Waals surface area (Å²) in [7, 11) is 1.47. The molecule has 1 saturated heterocycles. The van der Waals surface area contributed by atoms with Crippen LogP contribution in [0.1, 0.15) is 56.7 Å². The van der Waals surface area contributed by atoms with Crippen molar-refractivity contribution in [3.63, 3.8) is 0 Å². The Labute approximate surface area is 207 Å². The van der Waals surface area contributed by atoms with E-state index in [2.05, 4.69) is 5.10 Å². The quantitative estimate of drug-likeness (QED) is 0.620. The Balaban J connectivity index is 1.56. The first-order valence-corrected chi connectivity index (χ1v) is 10.3. The fourth-order valence-corrected chi connectivity index (χ4v) is 3.78. The first-order valence-electron chi connectivity index (χ1n) is 14.3. The SMILES string of the molecule is [2H]C1([2H])CN(c2ccc(N3C(=O)CC([2H])([2H])C([2H])([2H])C3([2H])[2H])cc2)C(=O)c2c1c(C(N)=O)nn2-c1ccc(OC)cc1. The molecule has 1 aromatic heterocycles. The number of ether oxygens (including phenoxy) is 1. The van der Waals surface area contributed by atoms with Crippen molar-refractivity contribution in [1.29, 1.82) is 0 Å². The van der Waals surface area contributed by atoms with E-state index in [0.29, 0.717) is 16.3 Å². The number of amides is 3. The summed E-state index contributed by atoms with van der Waals surface area (Å²) in [6, 6.07) is 11.5. The van der Waals surface area contributed by atoms with Gasteiger partial charge in [-0.05, 0) is 67.6 Å². The molecular formula is C25H25N5O4. The molecule has 3 aromatic rings. The summed E-state index contributed by atoms with van der Waals surface area (Å²) in [5, 5.41) is 4.18. The van der Waals surface area contributed by atoms with Crippen molar-refractivity contribution in [2.45, 2.75) is 25.5 Å². The predicted octanol–water partition coefficient (Wildman–Crippen LogP) is 2.70. The Bertz CT molecular complexity index is 1610. The van der Waals surface area contributed by atoms with Crippen molar-refractivity contribution in [3.8, 4) is 11.4 Å². The van der Waals surface area contributed by atoms with Gasteiger partial charge in [-0.2, -0.15) is 5.10 Å². The molecule has 5 rings (SSSR count). The van der Waals surface area contributed by atoms with Gasteiger partial charge in [-0.1, -0.05) is 0 Å². The molecule has 2 N–H and O–H groups in total. The Morgan fingerprint density at radius 3 is 2.29 bits per heavy atom. The van der Waals surface area contributed by atoms with Crippen LogP contribution in [0, 0.1) is 0 Å². The maximum absolute atomic E-state index is 13.9. The Morgan fingerprint density at radius 2 is 1.65 bits per heavy atom. The number of carbonyl (C=O) groups excluding carboxylic acids is 3. The third kappa shape index (κ3) is 3.68. The van der Waals surface area contributed by atoms with Crippen molar-refractivity contribution in [3.05, 3.63) is 65.5 Å². The van der Waals surface area contributed by atoms with Gasteiger partial charge in [0, 0.05) is 47.4 Å². The van der Waals surface area contributed by atoms with Crippen LogP contribution in [0.3, 0.4) is 0 Å². The average Bonchev–Trinajstić information content (AvgIpc) is 3.33. The van der Waals surface area contributed by atoms with Gasteiger partial charge in [-0.3, -0.25) is 14.4 Å². The standard InChI is InChI=1S/C25H25N5O4/c1-34-19-11-9-18(10-12-19)30-23-20(22(27-30)24(26)32)13-15-29(25(23)33)17-7-5-16(6-8-17)28-14-3-2-4-21(28)31/h5-12H,2-4,13-15H2,1H3,(H2,26,32)/i2D2,3D2,13D2,14D2. The lowest BCUT2D eigenvalue weighted by molar-refractivity contribution is -0.119. The highest BCUT2D eigenvalue weighted by Gasteiger charge is 2.34. The van der Waals surface area contributed by atoms with E-state index < -0.39 is 62.0 Å². The zero-order valence-corrected chi connectivity index (χ0v) is 18.0. The van der Waals surface area contributed by atoms with E-state index >= 15 is 0 Å². The molecule has 0 radical (unpaired) electrons. The Hall–Kier alpha value is -4.14. The molecule has 0 atom stereocenters. The molecular weight excluding hydrogens is 434 g/mol. The lowest BCUT2D eigenvalue weighted by Gasteiger charge is -2.29. The topological polar surface area (TPSA) is 111 Å². The molecule has 0 unspecified atom stereocenters. The normalized spacial score (nSPS) is 25.3. The maximum Gasteiger partial charge on any atom is 0.277 e. The van der Waals surface area contributed by atoms with E-state index in [4.69, 9.17) is 21.4 Å². The van der Waals surface area contributed by atoms with Crippen molar-refractivity contribution in [2.24, 2.45) is 5.73 Å². The van der Waals surface area contributed by atoms with Gasteiger partial charge in [-0.25, -0.2) is 4.68 Å². The third-order valence-corrected chi connectivity index (χ3v) is 5.46. The Morgan fingerprint density at radius 1 is 1.00 bits per heavy atom. The van der Waals surface area contributed by atoms with Crippen molar-refractivity contribution in [2.75, 3.05) is 30.0 Å². The molecule has 0 spiro atoms. The van der Waals surface area contributed by atoms with Gasteiger partial charge >= 0.3 is 0 Å². The minimum absolute atomic E-state index is 0.0828. The second-order valence-corrected chi connectivity index (χ2v) is 7.45. The highest BCUT2D eigenvalue weighted by atomic mass is 16.5. The number of benzene rings is 2. The molecule has 9 heteroatoms. The van der Waals surface area contributed by atoms with Gasteiger partial charge in [0.25, 0.3) is 11.8 Å². The average molecular weight is 468 g/mol. The minimum Gasteiger partial charge on any atom is -0.497 e. The third-order valence-electron chi connectivity index (χ3n) is 5.46. The summed E-state index contributed by atoms with van der Waals surface area (Å²) < 4.78 is 72.2. The van der Waals surface area contributed by atoms with Gasteiger partial charge < -0.3 is 20.3 Å². The summed E-state index contributed by atoms with van der Waals surface area (Å²) in [4.78, 5) is 40.5. The van der Waals surface area contributed by atoms with Crippen LogP contribution in [0.2, 0.25) is 0 Å². The molecule has 3 heterocycles. The molecule has 2 aliphatic rings. The summed E-state index contributed by atoms with van der Waals surface area (Å²) >= 11 is 0. The number of rotatable bonds is 5. The van der Waals surface area contributed by atoms with Crippen LogP contribution in [0.15, 0.2) is 48.5 Å². The highest BCUT2D eigenvalue weighted by molar-refractivity contribution is 6.09. The van der Waals surface area contributed by atoms with Crippen LogP contribution in [0.5, 0.6) is 5.75 Å². The summed E-state index contributed by atoms with van der Waals surface area (Å²) in [6.45, 7) is -3.57. The van der Waals surface area contributed by atoms with E-state index in [-0.39, 0.29) is 22.6 Å². The number of anilines is 2. The van der Waals surface area contributed by atoms with E-state index in [1.54, 1.807) is 24.3 Å². The number of piperidine rings is 1. The number of aromatic nitrogens is 2. The highest BCUT2D eigenvalue weighted by Crippen LogP contribution is 2.31. The number of nitrogens with zero attached hydrogens (tertiary/aromatic N) is 4. The number of methoxy groups -OCH3 is 1. The second kappa shape index (κ2) is 8.66. The molecule has 1 fully saturated rings. The van der Waals surface area contributed by atoms with E-state index in [9.17, 15) is 14.4 Å². The fraction of sp³-hybridized carbons (Fsp3) is 0.280. The van der Waals surface area contributed by atoms with Crippen LogP contribution in [0.25, 0.3) is 5.69 Å². The monoisotopic (exact) mass is 467 g/mol. The number of hydrogen-bond acceptors (Lipinski definition) is 5. The van der Waals surface area contributed by atoms with E-state index in [1.807, 2.05) is 0 Å². The molecule has 3 amide bonds. The van der Waals surface area contributed by atoms with Crippen LogP contribution >= 0.6 is 0 Å². The van der Waals surface area contributed by atoms with Gasteiger partial charge in [0.1, 0.15) is 11.4 Å². The minimum atomic E-state index is -3.04. The van der Waals surface area contributed by atoms with Gasteiger partial charge in [0.2, 0.25) is 5.91 Å². The zero-order valence-electron chi connectivity index (χ0n) is 26.0. The lowest BCUT2D eigenvalue weighted by Crippen LogP contribution is -2.39. The van der Waals surface area contributed by atoms with Crippen LogP contribution in [-0.4, -0.2) is 47.7 Å². The summed E-state index contributed by atoms with van der Waals surface area (Å²) in [6.07, 6.45) is -8.95. The first kappa shape index (κ1) is 14.2. The molecule has 9 nitrogen and oxygen atoms in total. The molecule has 174 valence electrons. The molecule has 0 aliphatic carbocycles. The maximum atomic E-state index is 13.9. The molecule has 2 aliphatic heterocycles. The number of primary amides is 1. The van der Waals surface area contributed by atoms with Crippen LogP contribution in [-0.2, 0) is 11.2 Å². The lowest BCUT2D eigenvalue weighted by atomic mass is 10.0. The molecule has 34 heavy (non-hydrogen) atoms. The molecule has 0 saturated carbocycles. The van der Waals surface area contributed by atoms with Gasteiger partial charge in [0.05, 0.1) is 12.8 Å². The summed E-state index contributed by atoms with van der Waals surface area (Å²) in [5.74, 6) is -2.18. The predicted molar refractivity (Wildman–Crippen MR) is 127 cm³/mol. The van der Waals surface area contributed by atoms with Gasteiger partial charge in [0.15, 0.2) is 5.69 Å². The second-order valence-electron chi connectivity index (χ2n) is 7.45. The fourth-order valence-electron chi connectivity index (χ4n) is 3.78. The van der Waals surface area contributed by atoms with Crippen LogP contribution in [0.4, 0.5) is 11.4 Å². The Kier molecular flexibility index (Phi) is 3.62. The van der Waals surface area contributed by atoms with Crippen molar-refractivity contribution >= 4 is 29.1 Å². The first-order chi connectivity index (χ1) is 19.4. The van der Waals surface area contributed by atoms with E-state index in [0.717, 1.165) is 9.58 Å². The molecule has 2 aromatic carbocycles. The number of fused-ring (bicyclic) bond motifs is 1. The number of carbonyl (C=O) groups is 3. The van der Waals surface area contributed by atoms with Crippen molar-refractivity contribution < 1.29 is 30.1 Å². The largest absolute Gasteiger partial charge is 0.497 e. The smallest absolute Gasteiger partial charge is 0.277 e. The molecule has 0 bridgehead atoms. The number of hydrogen-bond donors (Lipinski definition) is 1. The van der Waals surface area contributed by atoms with E-state index in [1.165, 1.54) is 31.4 Å². The van der Waals surface area contributed by atoms with Crippen molar-refractivity contribution in [1.82, 2.24) is 9.78 Å². The zero-order chi connectivity index (χ0) is 31.0. The summed E-state index contributed by atoms with van der Waals surface area (Å²) in [5.41, 5.74) is 5.03. The van der Waals surface area contributed by atoms with Gasteiger partial charge in [-0.15, -0.1) is 0 Å². The van der Waals surface area contributed by atoms with Crippen LogP contribution < -0.4 is 20.3 Å².